The second kappa shape index (κ2) is 5.42. The highest BCUT2D eigenvalue weighted by Crippen LogP contribution is 2.11. The van der Waals surface area contributed by atoms with Crippen molar-refractivity contribution in [2.75, 3.05) is 5.32 Å². The lowest BCUT2D eigenvalue weighted by molar-refractivity contribution is 0.831. The first-order chi connectivity index (χ1) is 6.77. The number of aromatic nitrogens is 2. The first kappa shape index (κ1) is 10.8. The van der Waals surface area contributed by atoms with Crippen LogP contribution in [0.25, 0.3) is 0 Å². The van der Waals surface area contributed by atoms with Crippen molar-refractivity contribution in [2.24, 2.45) is 0 Å². The van der Waals surface area contributed by atoms with E-state index in [9.17, 15) is 0 Å². The standard InChI is InChI=1S/C10H18N4/c1-3-5-6-9(11)13-10-8(4-2)7-12-14-10/h7H,3-6H2,1-2H3,(H3,11,12,13,14). The number of nitrogens with zero attached hydrogens (tertiary/aromatic N) is 1. The van der Waals surface area contributed by atoms with Gasteiger partial charge in [0.1, 0.15) is 0 Å². The van der Waals surface area contributed by atoms with Gasteiger partial charge in [-0.05, 0) is 12.8 Å². The smallest absolute Gasteiger partial charge is 0.156 e. The Morgan fingerprint density at radius 1 is 1.57 bits per heavy atom. The molecule has 0 aliphatic rings. The third-order valence-electron chi connectivity index (χ3n) is 2.15. The van der Waals surface area contributed by atoms with Crippen LogP contribution in [0, 0.1) is 5.41 Å². The van der Waals surface area contributed by atoms with Crippen LogP contribution < -0.4 is 5.32 Å². The van der Waals surface area contributed by atoms with Gasteiger partial charge in [-0.15, -0.1) is 0 Å². The van der Waals surface area contributed by atoms with Crippen LogP contribution in [0.2, 0.25) is 0 Å². The van der Waals surface area contributed by atoms with Crippen LogP contribution in [0.1, 0.15) is 38.7 Å². The van der Waals surface area contributed by atoms with Gasteiger partial charge in [-0.2, -0.15) is 5.10 Å². The SMILES string of the molecule is CCCCC(=N)Nc1n[nH]cc1CC. The molecule has 0 aliphatic heterocycles. The molecule has 0 radical (unpaired) electrons. The molecule has 0 unspecified atom stereocenters. The Hall–Kier alpha value is -1.32. The van der Waals surface area contributed by atoms with Crippen molar-refractivity contribution >= 4 is 11.7 Å². The van der Waals surface area contributed by atoms with E-state index in [0.29, 0.717) is 5.84 Å². The molecule has 0 aromatic carbocycles. The molecule has 3 N–H and O–H groups in total. The van der Waals surface area contributed by atoms with Crippen LogP contribution in [0.15, 0.2) is 6.20 Å². The third kappa shape index (κ3) is 2.87. The number of hydrogen-bond donors (Lipinski definition) is 3. The maximum Gasteiger partial charge on any atom is 0.156 e. The first-order valence-corrected chi connectivity index (χ1v) is 5.15. The lowest BCUT2D eigenvalue weighted by Gasteiger charge is -2.05. The Labute approximate surface area is 84.6 Å². The van der Waals surface area contributed by atoms with E-state index in [1.807, 2.05) is 6.20 Å². The van der Waals surface area contributed by atoms with E-state index >= 15 is 0 Å². The number of H-pyrrole nitrogens is 1. The summed E-state index contributed by atoms with van der Waals surface area (Å²) in [5.74, 6) is 1.35. The number of amidine groups is 1. The molecule has 0 saturated carbocycles. The zero-order valence-electron chi connectivity index (χ0n) is 8.85. The molecular weight excluding hydrogens is 176 g/mol. The van der Waals surface area contributed by atoms with E-state index in [4.69, 9.17) is 5.41 Å². The minimum absolute atomic E-state index is 0.550. The molecule has 0 spiro atoms. The molecule has 0 bridgehead atoms. The van der Waals surface area contributed by atoms with Crippen molar-refractivity contribution in [3.8, 4) is 0 Å². The van der Waals surface area contributed by atoms with Crippen LogP contribution in [-0.4, -0.2) is 16.0 Å². The minimum Gasteiger partial charge on any atom is -0.327 e. The van der Waals surface area contributed by atoms with Crippen molar-refractivity contribution in [1.29, 1.82) is 5.41 Å². The van der Waals surface area contributed by atoms with Crippen LogP contribution in [0.5, 0.6) is 0 Å². The largest absolute Gasteiger partial charge is 0.327 e. The molecule has 1 heterocycles. The lowest BCUT2D eigenvalue weighted by Crippen LogP contribution is -2.11. The number of unbranched alkanes of at least 4 members (excludes halogenated alkanes) is 1. The monoisotopic (exact) mass is 194 g/mol. The van der Waals surface area contributed by atoms with Gasteiger partial charge in [0.15, 0.2) is 5.82 Å². The van der Waals surface area contributed by atoms with E-state index in [2.05, 4.69) is 29.4 Å². The van der Waals surface area contributed by atoms with Crippen molar-refractivity contribution in [3.05, 3.63) is 11.8 Å². The van der Waals surface area contributed by atoms with Gasteiger partial charge < -0.3 is 5.32 Å². The van der Waals surface area contributed by atoms with E-state index in [0.717, 1.165) is 37.1 Å². The van der Waals surface area contributed by atoms with Crippen LogP contribution in [0.3, 0.4) is 0 Å². The van der Waals surface area contributed by atoms with Crippen LogP contribution in [-0.2, 0) is 6.42 Å². The molecule has 4 nitrogen and oxygen atoms in total. The number of hydrogen-bond acceptors (Lipinski definition) is 2. The van der Waals surface area contributed by atoms with Crippen molar-refractivity contribution in [2.45, 2.75) is 39.5 Å². The summed E-state index contributed by atoms with van der Waals surface area (Å²) in [6.45, 7) is 4.20. The summed E-state index contributed by atoms with van der Waals surface area (Å²) in [7, 11) is 0. The maximum atomic E-state index is 7.67. The van der Waals surface area contributed by atoms with Gasteiger partial charge >= 0.3 is 0 Å². The second-order valence-corrected chi connectivity index (χ2v) is 3.32. The highest BCUT2D eigenvalue weighted by molar-refractivity contribution is 5.92. The van der Waals surface area contributed by atoms with Gasteiger partial charge in [0.05, 0.1) is 5.84 Å². The molecule has 0 aliphatic carbocycles. The molecule has 1 aromatic heterocycles. The Balaban J connectivity index is 2.47. The Kier molecular flexibility index (Phi) is 4.16. The van der Waals surface area contributed by atoms with Gasteiger partial charge in [0.2, 0.25) is 0 Å². The molecule has 1 aromatic rings. The fourth-order valence-corrected chi connectivity index (χ4v) is 1.25. The third-order valence-corrected chi connectivity index (χ3v) is 2.15. The summed E-state index contributed by atoms with van der Waals surface area (Å²) >= 11 is 0. The Morgan fingerprint density at radius 2 is 2.36 bits per heavy atom. The van der Waals surface area contributed by atoms with Crippen LogP contribution >= 0.6 is 0 Å². The fourth-order valence-electron chi connectivity index (χ4n) is 1.25. The normalized spacial score (nSPS) is 10.1. The molecule has 0 fully saturated rings. The predicted molar refractivity (Wildman–Crippen MR) is 58.8 cm³/mol. The van der Waals surface area contributed by atoms with Gasteiger partial charge in [-0.3, -0.25) is 10.5 Å². The lowest BCUT2D eigenvalue weighted by atomic mass is 10.2. The summed E-state index contributed by atoms with van der Waals surface area (Å²) in [6, 6.07) is 0. The number of nitrogens with one attached hydrogen (secondary N) is 3. The number of rotatable bonds is 5. The molecule has 1 rings (SSSR count). The molecule has 0 amide bonds. The van der Waals surface area contributed by atoms with Gasteiger partial charge in [-0.25, -0.2) is 0 Å². The van der Waals surface area contributed by atoms with E-state index < -0.39 is 0 Å². The number of aryl methyl sites for hydroxylation is 1. The van der Waals surface area contributed by atoms with Crippen LogP contribution in [0.4, 0.5) is 5.82 Å². The summed E-state index contributed by atoms with van der Waals surface area (Å²) in [4.78, 5) is 0. The van der Waals surface area contributed by atoms with Crippen molar-refractivity contribution in [3.63, 3.8) is 0 Å². The zero-order valence-corrected chi connectivity index (χ0v) is 8.85. The van der Waals surface area contributed by atoms with Gasteiger partial charge in [-0.1, -0.05) is 20.3 Å². The summed E-state index contributed by atoms with van der Waals surface area (Å²) < 4.78 is 0. The first-order valence-electron chi connectivity index (χ1n) is 5.15. The van der Waals surface area contributed by atoms with E-state index in [-0.39, 0.29) is 0 Å². The van der Waals surface area contributed by atoms with Gasteiger partial charge in [0.25, 0.3) is 0 Å². The van der Waals surface area contributed by atoms with E-state index in [1.54, 1.807) is 0 Å². The van der Waals surface area contributed by atoms with E-state index in [1.165, 1.54) is 0 Å². The Morgan fingerprint density at radius 3 is 3.00 bits per heavy atom. The predicted octanol–water partition coefficient (Wildman–Crippen LogP) is 2.55. The molecule has 14 heavy (non-hydrogen) atoms. The van der Waals surface area contributed by atoms with Crippen molar-refractivity contribution < 1.29 is 0 Å². The molecule has 0 saturated heterocycles. The topological polar surface area (TPSA) is 64.6 Å². The quantitative estimate of drug-likeness (QED) is 0.498. The highest BCUT2D eigenvalue weighted by atomic mass is 15.2. The summed E-state index contributed by atoms with van der Waals surface area (Å²) in [5, 5.41) is 17.6. The summed E-state index contributed by atoms with van der Waals surface area (Å²) in [6.07, 6.45) is 5.77. The number of aromatic amines is 1. The molecule has 78 valence electrons. The average Bonchev–Trinajstić information content (AvgIpc) is 2.62. The highest BCUT2D eigenvalue weighted by Gasteiger charge is 2.04. The van der Waals surface area contributed by atoms with Crippen molar-refractivity contribution in [1.82, 2.24) is 10.2 Å². The molecule has 0 atom stereocenters. The second-order valence-electron chi connectivity index (χ2n) is 3.32. The zero-order chi connectivity index (χ0) is 10.4. The number of anilines is 1. The van der Waals surface area contributed by atoms with Gasteiger partial charge in [0, 0.05) is 18.2 Å². The maximum absolute atomic E-state index is 7.67. The minimum atomic E-state index is 0.550. The average molecular weight is 194 g/mol. The molecular formula is C10H18N4. The Bertz CT molecular complexity index is 290. The molecule has 4 heteroatoms. The summed E-state index contributed by atoms with van der Waals surface area (Å²) in [5.41, 5.74) is 1.13. The fraction of sp³-hybridized carbons (Fsp3) is 0.600.